The summed E-state index contributed by atoms with van der Waals surface area (Å²) in [4.78, 5) is 29.4. The zero-order valence-corrected chi connectivity index (χ0v) is 25.7. The van der Waals surface area contributed by atoms with Crippen molar-refractivity contribution in [3.8, 4) is 5.75 Å². The van der Waals surface area contributed by atoms with Gasteiger partial charge in [-0.05, 0) is 75.1 Å². The van der Waals surface area contributed by atoms with E-state index < -0.39 is 28.5 Å². The molecule has 1 fully saturated rings. The number of amides is 2. The first kappa shape index (κ1) is 31.1. The summed E-state index contributed by atoms with van der Waals surface area (Å²) in [5.74, 6) is -0.104. The summed E-state index contributed by atoms with van der Waals surface area (Å²) < 4.78 is 34.4. The van der Waals surface area contributed by atoms with Crippen LogP contribution in [-0.4, -0.2) is 50.9 Å². The van der Waals surface area contributed by atoms with E-state index in [2.05, 4.69) is 5.32 Å². The van der Waals surface area contributed by atoms with E-state index >= 15 is 0 Å². The van der Waals surface area contributed by atoms with Gasteiger partial charge in [-0.1, -0.05) is 67.3 Å². The van der Waals surface area contributed by atoms with Crippen molar-refractivity contribution in [2.24, 2.45) is 0 Å². The predicted octanol–water partition coefficient (Wildman–Crippen LogP) is 5.37. The van der Waals surface area contributed by atoms with Crippen LogP contribution >= 0.6 is 0 Å². The number of nitrogens with zero attached hydrogens (tertiary/aromatic N) is 2. The number of nitrogens with one attached hydrogen (secondary N) is 1. The van der Waals surface area contributed by atoms with E-state index in [1.807, 2.05) is 45.0 Å². The quantitative estimate of drug-likeness (QED) is 0.305. The number of sulfonamides is 1. The molecule has 0 spiro atoms. The van der Waals surface area contributed by atoms with Gasteiger partial charge in [-0.2, -0.15) is 0 Å². The van der Waals surface area contributed by atoms with E-state index in [0.717, 1.165) is 46.7 Å². The van der Waals surface area contributed by atoms with Crippen LogP contribution in [0.25, 0.3) is 0 Å². The second kappa shape index (κ2) is 13.9. The fraction of sp³-hybridized carbons (Fsp3) is 0.394. The molecule has 2 amide bonds. The molecule has 1 aliphatic carbocycles. The number of methoxy groups -OCH3 is 1. The highest BCUT2D eigenvalue weighted by Crippen LogP contribution is 2.27. The number of ether oxygens (including phenoxy) is 1. The lowest BCUT2D eigenvalue weighted by Crippen LogP contribution is -2.53. The smallest absolute Gasteiger partial charge is 0.264 e. The van der Waals surface area contributed by atoms with Crippen molar-refractivity contribution in [2.75, 3.05) is 18.0 Å². The normalized spacial score (nSPS) is 14.3. The maximum atomic E-state index is 14.2. The summed E-state index contributed by atoms with van der Waals surface area (Å²) in [5.41, 5.74) is 3.14. The third kappa shape index (κ3) is 7.50. The highest BCUT2D eigenvalue weighted by molar-refractivity contribution is 7.92. The largest absolute Gasteiger partial charge is 0.497 e. The average molecular weight is 592 g/mol. The number of benzene rings is 3. The molecular weight excluding hydrogens is 550 g/mol. The minimum Gasteiger partial charge on any atom is -0.497 e. The third-order valence-corrected chi connectivity index (χ3v) is 9.56. The molecule has 0 aliphatic heterocycles. The van der Waals surface area contributed by atoms with Crippen molar-refractivity contribution in [3.63, 3.8) is 0 Å². The minimum atomic E-state index is -4.13. The van der Waals surface area contributed by atoms with E-state index in [0.29, 0.717) is 17.9 Å². The standard InChI is InChI=1S/C33H41N3O5S/c1-5-31(33(38)34-27-11-6-7-12-27)35(22-26-10-8-9-25(3)21-26)32(37)23-36(28-15-17-29(41-4)18-16-28)42(39,40)30-19-13-24(2)14-20-30/h8-10,13-21,27,31H,5-7,11-12,22-23H2,1-4H3,(H,34,38)/t31-/m1/s1. The molecule has 224 valence electrons. The van der Waals surface area contributed by atoms with E-state index in [9.17, 15) is 18.0 Å². The van der Waals surface area contributed by atoms with Crippen molar-refractivity contribution in [1.29, 1.82) is 0 Å². The van der Waals surface area contributed by atoms with Gasteiger partial charge in [-0.15, -0.1) is 0 Å². The molecular formula is C33H41N3O5S. The SMILES string of the molecule is CC[C@H](C(=O)NC1CCCC1)N(Cc1cccc(C)c1)C(=O)CN(c1ccc(OC)cc1)S(=O)(=O)c1ccc(C)cc1. The zero-order valence-electron chi connectivity index (χ0n) is 24.9. The topological polar surface area (TPSA) is 96.0 Å². The molecule has 0 saturated heterocycles. The van der Waals surface area contributed by atoms with Crippen LogP contribution < -0.4 is 14.4 Å². The molecule has 42 heavy (non-hydrogen) atoms. The number of carbonyl (C=O) groups is 2. The first-order valence-electron chi connectivity index (χ1n) is 14.5. The second-order valence-electron chi connectivity index (χ2n) is 10.9. The van der Waals surface area contributed by atoms with E-state index in [4.69, 9.17) is 4.74 Å². The van der Waals surface area contributed by atoms with Gasteiger partial charge in [0, 0.05) is 12.6 Å². The van der Waals surface area contributed by atoms with Crippen LogP contribution in [0, 0.1) is 13.8 Å². The Hall–Kier alpha value is -3.85. The summed E-state index contributed by atoms with van der Waals surface area (Å²) in [6.07, 6.45) is 4.38. The number of carbonyl (C=O) groups excluding carboxylic acids is 2. The van der Waals surface area contributed by atoms with Crippen LogP contribution in [0.1, 0.15) is 55.7 Å². The van der Waals surface area contributed by atoms with Gasteiger partial charge in [-0.25, -0.2) is 8.42 Å². The lowest BCUT2D eigenvalue weighted by Gasteiger charge is -2.34. The Bertz CT molecular complexity index is 1470. The molecule has 8 nitrogen and oxygen atoms in total. The molecule has 9 heteroatoms. The average Bonchev–Trinajstić information content (AvgIpc) is 3.49. The Balaban J connectivity index is 1.71. The van der Waals surface area contributed by atoms with Crippen LogP contribution in [0.15, 0.2) is 77.7 Å². The first-order valence-corrected chi connectivity index (χ1v) is 15.9. The van der Waals surface area contributed by atoms with E-state index in [-0.39, 0.29) is 23.4 Å². The van der Waals surface area contributed by atoms with Gasteiger partial charge in [0.25, 0.3) is 10.0 Å². The Labute approximate surface area is 249 Å². The van der Waals surface area contributed by atoms with Gasteiger partial charge >= 0.3 is 0 Å². The minimum absolute atomic E-state index is 0.0768. The first-order chi connectivity index (χ1) is 20.1. The second-order valence-corrected chi connectivity index (χ2v) is 12.8. The Kier molecular flexibility index (Phi) is 10.3. The van der Waals surface area contributed by atoms with Crippen molar-refractivity contribution < 1.29 is 22.7 Å². The van der Waals surface area contributed by atoms with Gasteiger partial charge in [0.15, 0.2) is 0 Å². The van der Waals surface area contributed by atoms with Crippen molar-refractivity contribution >= 4 is 27.5 Å². The summed E-state index contributed by atoms with van der Waals surface area (Å²) in [7, 11) is -2.59. The van der Waals surface area contributed by atoms with Gasteiger partial charge < -0.3 is 15.0 Å². The molecule has 0 aromatic heterocycles. The summed E-state index contributed by atoms with van der Waals surface area (Å²) >= 11 is 0. The lowest BCUT2D eigenvalue weighted by atomic mass is 10.1. The molecule has 1 atom stereocenters. The molecule has 3 aromatic carbocycles. The highest BCUT2D eigenvalue weighted by Gasteiger charge is 2.34. The molecule has 0 radical (unpaired) electrons. The fourth-order valence-corrected chi connectivity index (χ4v) is 6.82. The molecule has 4 rings (SSSR count). The lowest BCUT2D eigenvalue weighted by molar-refractivity contribution is -0.140. The predicted molar refractivity (Wildman–Crippen MR) is 165 cm³/mol. The molecule has 1 N–H and O–H groups in total. The monoisotopic (exact) mass is 591 g/mol. The van der Waals surface area contributed by atoms with Gasteiger partial charge in [0.05, 0.1) is 17.7 Å². The maximum Gasteiger partial charge on any atom is 0.264 e. The summed E-state index contributed by atoms with van der Waals surface area (Å²) in [5, 5.41) is 3.14. The third-order valence-electron chi connectivity index (χ3n) is 7.77. The number of hydrogen-bond acceptors (Lipinski definition) is 5. The molecule has 0 heterocycles. The Morgan fingerprint density at radius 3 is 2.21 bits per heavy atom. The number of hydrogen-bond donors (Lipinski definition) is 1. The van der Waals surface area contributed by atoms with Crippen molar-refractivity contribution in [1.82, 2.24) is 10.2 Å². The number of rotatable bonds is 12. The van der Waals surface area contributed by atoms with Crippen LogP contribution in [0.4, 0.5) is 5.69 Å². The van der Waals surface area contributed by atoms with Crippen molar-refractivity contribution in [3.05, 3.63) is 89.5 Å². The Morgan fingerprint density at radius 1 is 0.952 bits per heavy atom. The summed E-state index contributed by atoms with van der Waals surface area (Å²) in [6, 6.07) is 20.2. The molecule has 1 saturated carbocycles. The van der Waals surface area contributed by atoms with E-state index in [1.54, 1.807) is 48.5 Å². The van der Waals surface area contributed by atoms with Crippen molar-refractivity contribution in [2.45, 2.75) is 76.4 Å². The molecule has 0 unspecified atom stereocenters. The number of anilines is 1. The Morgan fingerprint density at radius 2 is 1.62 bits per heavy atom. The fourth-order valence-electron chi connectivity index (χ4n) is 5.41. The van der Waals surface area contributed by atoms with Crippen LogP contribution in [0.5, 0.6) is 5.75 Å². The molecule has 3 aromatic rings. The summed E-state index contributed by atoms with van der Waals surface area (Å²) in [6.45, 7) is 5.44. The van der Waals surface area contributed by atoms with Crippen LogP contribution in [-0.2, 0) is 26.2 Å². The van der Waals surface area contributed by atoms with Gasteiger partial charge in [-0.3, -0.25) is 13.9 Å². The van der Waals surface area contributed by atoms with Gasteiger partial charge in [0.1, 0.15) is 18.3 Å². The van der Waals surface area contributed by atoms with Crippen LogP contribution in [0.2, 0.25) is 0 Å². The van der Waals surface area contributed by atoms with E-state index in [1.165, 1.54) is 12.0 Å². The zero-order chi connectivity index (χ0) is 30.3. The maximum absolute atomic E-state index is 14.2. The van der Waals surface area contributed by atoms with Crippen LogP contribution in [0.3, 0.4) is 0 Å². The van der Waals surface area contributed by atoms with Gasteiger partial charge in [0.2, 0.25) is 11.8 Å². The molecule has 1 aliphatic rings. The molecule has 0 bridgehead atoms. The number of aryl methyl sites for hydroxylation is 2. The highest BCUT2D eigenvalue weighted by atomic mass is 32.2.